The van der Waals surface area contributed by atoms with Gasteiger partial charge in [-0.2, -0.15) is 0 Å². The number of carbonyl (C=O) groups excluding carboxylic acids is 1. The molecule has 4 atom stereocenters. The minimum Gasteiger partial charge on any atom is -0.463 e. The van der Waals surface area contributed by atoms with E-state index in [1.807, 2.05) is 6.92 Å². The Hall–Kier alpha value is -0.730. The van der Waals surface area contributed by atoms with E-state index in [9.17, 15) is 4.79 Å². The summed E-state index contributed by atoms with van der Waals surface area (Å²) in [7, 11) is 0. The van der Waals surface area contributed by atoms with Crippen LogP contribution in [0.4, 0.5) is 0 Å². The van der Waals surface area contributed by atoms with Crippen molar-refractivity contribution >= 4 is 5.97 Å². The van der Waals surface area contributed by atoms with Gasteiger partial charge in [0.2, 0.25) is 5.72 Å². The first kappa shape index (κ1) is 14.7. The molecule has 0 aromatic rings. The molecule has 0 aromatic carbocycles. The van der Waals surface area contributed by atoms with E-state index in [-0.39, 0.29) is 6.61 Å². The van der Waals surface area contributed by atoms with Crippen LogP contribution in [0.5, 0.6) is 0 Å². The molecule has 0 spiro atoms. The van der Waals surface area contributed by atoms with Crippen molar-refractivity contribution < 1.29 is 28.5 Å². The van der Waals surface area contributed by atoms with Crippen LogP contribution in [0.25, 0.3) is 0 Å². The van der Waals surface area contributed by atoms with Crippen molar-refractivity contribution in [2.75, 3.05) is 13.2 Å². The van der Waals surface area contributed by atoms with Crippen LogP contribution in [-0.4, -0.2) is 49.2 Å². The number of hydrogen-bond donors (Lipinski definition) is 1. The largest absolute Gasteiger partial charge is 0.463 e. The van der Waals surface area contributed by atoms with Gasteiger partial charge in [-0.1, -0.05) is 0 Å². The number of esters is 1. The highest BCUT2D eigenvalue weighted by molar-refractivity contribution is 5.80. The lowest BCUT2D eigenvalue weighted by atomic mass is 10.1. The average molecular weight is 275 g/mol. The standard InChI is InChI=1S/C12H21NO6/c1-5-15-9-7-8(18-11(3,4)17-7)12(13,19-9)10(14)16-6-2/h7-9H,5-6,13H2,1-4H3/t7-,8+,9-,12?/m1/s1. The van der Waals surface area contributed by atoms with Crippen LogP contribution in [-0.2, 0) is 28.5 Å². The molecule has 1 unspecified atom stereocenters. The minimum atomic E-state index is -1.70. The number of ether oxygens (including phenoxy) is 5. The van der Waals surface area contributed by atoms with Crippen LogP contribution in [0.1, 0.15) is 27.7 Å². The molecule has 2 heterocycles. The highest BCUT2D eigenvalue weighted by Gasteiger charge is 2.66. The van der Waals surface area contributed by atoms with Crippen LogP contribution in [0.3, 0.4) is 0 Å². The molecule has 0 saturated carbocycles. The monoisotopic (exact) mass is 275 g/mol. The van der Waals surface area contributed by atoms with Crippen LogP contribution < -0.4 is 5.73 Å². The topological polar surface area (TPSA) is 89.2 Å². The second-order valence-electron chi connectivity index (χ2n) is 4.98. The zero-order valence-corrected chi connectivity index (χ0v) is 11.7. The van der Waals surface area contributed by atoms with Crippen LogP contribution in [0.2, 0.25) is 0 Å². The second kappa shape index (κ2) is 4.99. The van der Waals surface area contributed by atoms with Crippen molar-refractivity contribution in [3.05, 3.63) is 0 Å². The second-order valence-corrected chi connectivity index (χ2v) is 4.98. The third kappa shape index (κ3) is 2.48. The summed E-state index contributed by atoms with van der Waals surface area (Å²) >= 11 is 0. The lowest BCUT2D eigenvalue weighted by Crippen LogP contribution is -2.58. The summed E-state index contributed by atoms with van der Waals surface area (Å²) in [6.07, 6.45) is -2.05. The SMILES string of the molecule is CCOC(=O)C1(N)O[C@@H](OCC)[C@@H]2OC(C)(C)O[C@@H]21. The maximum atomic E-state index is 12.0. The third-order valence-corrected chi connectivity index (χ3v) is 3.06. The average Bonchev–Trinajstić information content (AvgIpc) is 2.76. The minimum absolute atomic E-state index is 0.210. The Morgan fingerprint density at radius 1 is 1.21 bits per heavy atom. The Morgan fingerprint density at radius 2 is 1.89 bits per heavy atom. The Balaban J connectivity index is 2.24. The van der Waals surface area contributed by atoms with E-state index in [2.05, 4.69) is 0 Å². The van der Waals surface area contributed by atoms with Crippen molar-refractivity contribution in [1.29, 1.82) is 0 Å². The fraction of sp³-hybridized carbons (Fsp3) is 0.917. The van der Waals surface area contributed by atoms with Gasteiger partial charge in [-0.15, -0.1) is 0 Å². The first-order valence-corrected chi connectivity index (χ1v) is 6.45. The predicted octanol–water partition coefficient (Wildman–Crippen LogP) is 0.117. The fourth-order valence-electron chi connectivity index (χ4n) is 2.35. The summed E-state index contributed by atoms with van der Waals surface area (Å²) in [5, 5.41) is 0. The van der Waals surface area contributed by atoms with Crippen molar-refractivity contribution in [2.24, 2.45) is 5.73 Å². The molecule has 2 aliphatic rings. The van der Waals surface area contributed by atoms with Gasteiger partial charge < -0.3 is 23.7 Å². The van der Waals surface area contributed by atoms with Crippen LogP contribution >= 0.6 is 0 Å². The zero-order chi connectivity index (χ0) is 14.3. The first-order valence-electron chi connectivity index (χ1n) is 6.45. The van der Waals surface area contributed by atoms with E-state index in [4.69, 9.17) is 29.4 Å². The normalized spacial score (nSPS) is 40.2. The van der Waals surface area contributed by atoms with Crippen molar-refractivity contribution in [3.8, 4) is 0 Å². The highest BCUT2D eigenvalue weighted by atomic mass is 16.8. The van der Waals surface area contributed by atoms with Gasteiger partial charge in [0.25, 0.3) is 0 Å². The zero-order valence-electron chi connectivity index (χ0n) is 11.7. The van der Waals surface area contributed by atoms with E-state index < -0.39 is 36.0 Å². The van der Waals surface area contributed by atoms with Crippen molar-refractivity contribution in [1.82, 2.24) is 0 Å². The predicted molar refractivity (Wildman–Crippen MR) is 63.9 cm³/mol. The molecule has 7 nitrogen and oxygen atoms in total. The maximum Gasteiger partial charge on any atom is 0.356 e. The number of rotatable bonds is 4. The van der Waals surface area contributed by atoms with Crippen LogP contribution in [0.15, 0.2) is 0 Å². The molecule has 2 aliphatic heterocycles. The van der Waals surface area contributed by atoms with E-state index in [1.165, 1.54) is 0 Å². The third-order valence-electron chi connectivity index (χ3n) is 3.06. The molecule has 0 aliphatic carbocycles. The number of fused-ring (bicyclic) bond motifs is 1. The Bertz CT molecular complexity index is 360. The van der Waals surface area contributed by atoms with Crippen molar-refractivity contribution in [2.45, 2.75) is 57.7 Å². The van der Waals surface area contributed by atoms with Gasteiger partial charge in [-0.3, -0.25) is 5.73 Å². The molecule has 0 bridgehead atoms. The van der Waals surface area contributed by atoms with E-state index in [1.54, 1.807) is 20.8 Å². The molecule has 110 valence electrons. The molecular weight excluding hydrogens is 254 g/mol. The first-order chi connectivity index (χ1) is 8.84. The highest BCUT2D eigenvalue weighted by Crippen LogP contribution is 2.42. The quantitative estimate of drug-likeness (QED) is 0.729. The summed E-state index contributed by atoms with van der Waals surface area (Å²) in [4.78, 5) is 12.0. The number of hydrogen-bond acceptors (Lipinski definition) is 7. The summed E-state index contributed by atoms with van der Waals surface area (Å²) in [5.74, 6) is -1.51. The number of carbonyl (C=O) groups is 1. The summed E-state index contributed by atoms with van der Waals surface area (Å²) in [6, 6.07) is 0. The Labute approximate surface area is 112 Å². The molecule has 2 rings (SSSR count). The van der Waals surface area contributed by atoms with Gasteiger partial charge in [0.15, 0.2) is 12.1 Å². The summed E-state index contributed by atoms with van der Waals surface area (Å²) in [6.45, 7) is 7.64. The smallest absolute Gasteiger partial charge is 0.356 e. The molecule has 0 amide bonds. The molecule has 7 heteroatoms. The summed E-state index contributed by atoms with van der Waals surface area (Å²) in [5.41, 5.74) is 4.33. The molecule has 2 fully saturated rings. The molecule has 0 radical (unpaired) electrons. The van der Waals surface area contributed by atoms with Gasteiger partial charge in [0.1, 0.15) is 12.2 Å². The van der Waals surface area contributed by atoms with Gasteiger partial charge in [-0.25, -0.2) is 4.79 Å². The van der Waals surface area contributed by atoms with Gasteiger partial charge in [0, 0.05) is 6.61 Å². The van der Waals surface area contributed by atoms with Crippen molar-refractivity contribution in [3.63, 3.8) is 0 Å². The Kier molecular flexibility index (Phi) is 3.85. The van der Waals surface area contributed by atoms with Gasteiger partial charge >= 0.3 is 5.97 Å². The lowest BCUT2D eigenvalue weighted by molar-refractivity contribution is -0.256. The van der Waals surface area contributed by atoms with Gasteiger partial charge in [-0.05, 0) is 27.7 Å². The fourth-order valence-corrected chi connectivity index (χ4v) is 2.35. The summed E-state index contributed by atoms with van der Waals surface area (Å²) < 4.78 is 27.2. The molecule has 2 saturated heterocycles. The Morgan fingerprint density at radius 3 is 2.47 bits per heavy atom. The van der Waals surface area contributed by atoms with E-state index >= 15 is 0 Å². The molecule has 19 heavy (non-hydrogen) atoms. The lowest BCUT2D eigenvalue weighted by Gasteiger charge is -2.28. The molecule has 0 aromatic heterocycles. The van der Waals surface area contributed by atoms with Crippen LogP contribution in [0, 0.1) is 0 Å². The number of nitrogens with two attached hydrogens (primary N) is 1. The molecular formula is C12H21NO6. The van der Waals surface area contributed by atoms with E-state index in [0.717, 1.165) is 0 Å². The molecule has 2 N–H and O–H groups in total. The maximum absolute atomic E-state index is 12.0. The van der Waals surface area contributed by atoms with E-state index in [0.29, 0.717) is 6.61 Å². The van der Waals surface area contributed by atoms with Gasteiger partial charge in [0.05, 0.1) is 6.61 Å².